The van der Waals surface area contributed by atoms with Crippen LogP contribution >= 0.6 is 11.6 Å². The molecule has 0 fully saturated rings. The summed E-state index contributed by atoms with van der Waals surface area (Å²) >= 11 is 5.58. The summed E-state index contributed by atoms with van der Waals surface area (Å²) in [6.07, 6.45) is 0. The Kier molecular flexibility index (Phi) is 3.42. The van der Waals surface area contributed by atoms with Gasteiger partial charge < -0.3 is 4.74 Å². The van der Waals surface area contributed by atoms with Gasteiger partial charge in [-0.2, -0.15) is 9.65 Å². The summed E-state index contributed by atoms with van der Waals surface area (Å²) in [5, 5.41) is 18.4. The molecule has 1 aromatic carbocycles. The Morgan fingerprint density at radius 3 is 2.87 bits per heavy atom. The molecule has 0 saturated carbocycles. The van der Waals surface area contributed by atoms with E-state index in [1.165, 1.54) is 0 Å². The van der Waals surface area contributed by atoms with E-state index in [-0.39, 0.29) is 17.4 Å². The van der Waals surface area contributed by atoms with Gasteiger partial charge in [0.2, 0.25) is 5.82 Å². The number of nitriles is 1. The lowest BCUT2D eigenvalue weighted by molar-refractivity contribution is -0.387. The van der Waals surface area contributed by atoms with E-state index in [2.05, 4.69) is 0 Å². The summed E-state index contributed by atoms with van der Waals surface area (Å²) in [5.74, 6) is -1.15. The van der Waals surface area contributed by atoms with E-state index in [1.54, 1.807) is 6.07 Å². The average Bonchev–Trinajstić information content (AvgIpc) is 2.18. The Hall–Kier alpha value is -1.87. The summed E-state index contributed by atoms with van der Waals surface area (Å²) in [5.41, 5.74) is -0.732. The van der Waals surface area contributed by atoms with Crippen LogP contribution in [-0.2, 0) is 0 Å². The van der Waals surface area contributed by atoms with E-state index >= 15 is 0 Å². The third-order valence-corrected chi connectivity index (χ3v) is 1.79. The van der Waals surface area contributed by atoms with Crippen LogP contribution in [0.25, 0.3) is 0 Å². The van der Waals surface area contributed by atoms with Crippen LogP contribution in [0.3, 0.4) is 0 Å². The first-order chi connectivity index (χ1) is 7.06. The van der Waals surface area contributed by atoms with Crippen LogP contribution in [0.4, 0.5) is 10.1 Å². The van der Waals surface area contributed by atoms with Gasteiger partial charge in [-0.25, -0.2) is 0 Å². The van der Waals surface area contributed by atoms with Crippen LogP contribution in [0, 0.1) is 27.3 Å². The predicted octanol–water partition coefficient (Wildman–Crippen LogP) is 2.29. The molecule has 5 nitrogen and oxygen atoms in total. The molecule has 0 radical (unpaired) electrons. The maximum atomic E-state index is 13.0. The van der Waals surface area contributed by atoms with Gasteiger partial charge in [-0.15, -0.1) is 0 Å². The number of nitro groups is 1. The summed E-state index contributed by atoms with van der Waals surface area (Å²) in [4.78, 5) is 9.42. The Balaban J connectivity index is 3.09. The van der Waals surface area contributed by atoms with Crippen molar-refractivity contribution >= 4 is 17.3 Å². The van der Waals surface area contributed by atoms with Crippen LogP contribution in [0.1, 0.15) is 0 Å². The fourth-order valence-electron chi connectivity index (χ4n) is 0.879. The van der Waals surface area contributed by atoms with Gasteiger partial charge in [-0.3, -0.25) is 10.1 Å². The molecule has 0 aliphatic rings. The first kappa shape index (κ1) is 11.2. The van der Waals surface area contributed by atoms with Crippen molar-refractivity contribution in [1.29, 1.82) is 5.26 Å². The summed E-state index contributed by atoms with van der Waals surface area (Å²) in [6.45, 7) is -0.309. The van der Waals surface area contributed by atoms with Gasteiger partial charge in [0.05, 0.1) is 9.95 Å². The lowest BCUT2D eigenvalue weighted by atomic mass is 10.3. The van der Waals surface area contributed by atoms with Crippen molar-refractivity contribution in [2.24, 2.45) is 0 Å². The number of benzene rings is 1. The van der Waals surface area contributed by atoms with Gasteiger partial charge in [-0.05, 0) is 0 Å². The highest BCUT2D eigenvalue weighted by molar-refractivity contribution is 6.32. The maximum absolute atomic E-state index is 13.0. The van der Waals surface area contributed by atoms with Gasteiger partial charge in [0, 0.05) is 12.1 Å². The second-order valence-electron chi connectivity index (χ2n) is 2.44. The van der Waals surface area contributed by atoms with Crippen LogP contribution in [0.5, 0.6) is 5.75 Å². The lowest BCUT2D eigenvalue weighted by Gasteiger charge is -2.04. The zero-order valence-corrected chi connectivity index (χ0v) is 7.99. The number of ether oxygens (including phenoxy) is 1. The van der Waals surface area contributed by atoms with Crippen molar-refractivity contribution in [1.82, 2.24) is 0 Å². The van der Waals surface area contributed by atoms with Crippen LogP contribution < -0.4 is 4.74 Å². The molecule has 0 atom stereocenters. The third kappa shape index (κ3) is 2.54. The minimum absolute atomic E-state index is 0.0960. The van der Waals surface area contributed by atoms with Crippen molar-refractivity contribution in [3.8, 4) is 11.8 Å². The molecule has 0 N–H and O–H groups in total. The molecule has 0 aliphatic carbocycles. The molecule has 0 spiro atoms. The topological polar surface area (TPSA) is 76.2 Å². The lowest BCUT2D eigenvalue weighted by Crippen LogP contribution is -1.98. The van der Waals surface area contributed by atoms with Crippen LogP contribution in [-0.4, -0.2) is 11.5 Å². The number of nitrogens with zero attached hydrogens (tertiary/aromatic N) is 2. The molecule has 0 unspecified atom stereocenters. The molecule has 0 aromatic heterocycles. The fourth-order valence-corrected chi connectivity index (χ4v) is 1.09. The van der Waals surface area contributed by atoms with Crippen molar-refractivity contribution in [2.75, 3.05) is 6.61 Å². The fraction of sp³-hybridized carbons (Fsp3) is 0.125. The molecule has 15 heavy (non-hydrogen) atoms. The molecule has 7 heteroatoms. The van der Waals surface area contributed by atoms with E-state index in [0.29, 0.717) is 0 Å². The Morgan fingerprint density at radius 2 is 2.33 bits per heavy atom. The first-order valence-corrected chi connectivity index (χ1v) is 4.07. The molecule has 0 bridgehead atoms. The number of hydrogen-bond donors (Lipinski definition) is 0. The maximum Gasteiger partial charge on any atom is 0.306 e. The van der Waals surface area contributed by atoms with E-state index in [9.17, 15) is 14.5 Å². The van der Waals surface area contributed by atoms with Gasteiger partial charge in [0.15, 0.2) is 6.61 Å². The van der Waals surface area contributed by atoms with Gasteiger partial charge in [-0.1, -0.05) is 11.6 Å². The predicted molar refractivity (Wildman–Crippen MR) is 49.2 cm³/mol. The molecular weight excluding hydrogens is 227 g/mol. The molecule has 0 amide bonds. The first-order valence-electron chi connectivity index (χ1n) is 3.69. The molecular formula is C8H4ClFN2O3. The monoisotopic (exact) mass is 230 g/mol. The second-order valence-corrected chi connectivity index (χ2v) is 2.85. The minimum atomic E-state index is -1.06. The highest BCUT2D eigenvalue weighted by Crippen LogP contribution is 2.31. The van der Waals surface area contributed by atoms with Gasteiger partial charge in [0.1, 0.15) is 11.8 Å². The molecule has 0 heterocycles. The standard InChI is InChI=1S/C8H4ClFN2O3/c9-5-3-7(12(13)14)6(10)4-8(5)15-2-1-11/h3-4H,2H2. The largest absolute Gasteiger partial charge is 0.477 e. The van der Waals surface area contributed by atoms with Crippen molar-refractivity contribution in [2.45, 2.75) is 0 Å². The van der Waals surface area contributed by atoms with Crippen LogP contribution in [0.15, 0.2) is 12.1 Å². The quantitative estimate of drug-likeness (QED) is 0.590. The van der Waals surface area contributed by atoms with Crippen molar-refractivity contribution in [3.05, 3.63) is 33.1 Å². The number of halogens is 2. The molecule has 0 saturated heterocycles. The molecule has 1 rings (SSSR count). The molecule has 0 aliphatic heterocycles. The highest BCUT2D eigenvalue weighted by Gasteiger charge is 2.18. The SMILES string of the molecule is N#CCOc1cc(F)c([N+](=O)[O-])cc1Cl. The minimum Gasteiger partial charge on any atom is -0.477 e. The zero-order chi connectivity index (χ0) is 11.4. The Bertz CT molecular complexity index is 444. The average molecular weight is 231 g/mol. The van der Waals surface area contributed by atoms with Gasteiger partial charge in [0.25, 0.3) is 0 Å². The van der Waals surface area contributed by atoms with Crippen LogP contribution in [0.2, 0.25) is 5.02 Å². The van der Waals surface area contributed by atoms with Crippen molar-refractivity contribution < 1.29 is 14.1 Å². The van der Waals surface area contributed by atoms with E-state index in [0.717, 1.165) is 12.1 Å². The van der Waals surface area contributed by atoms with E-state index in [1.807, 2.05) is 0 Å². The Morgan fingerprint density at radius 1 is 1.67 bits per heavy atom. The number of hydrogen-bond acceptors (Lipinski definition) is 4. The highest BCUT2D eigenvalue weighted by atomic mass is 35.5. The van der Waals surface area contributed by atoms with E-state index in [4.69, 9.17) is 21.6 Å². The third-order valence-electron chi connectivity index (χ3n) is 1.49. The smallest absolute Gasteiger partial charge is 0.306 e. The van der Waals surface area contributed by atoms with Crippen molar-refractivity contribution in [3.63, 3.8) is 0 Å². The summed E-state index contributed by atoms with van der Waals surface area (Å²) < 4.78 is 17.8. The summed E-state index contributed by atoms with van der Waals surface area (Å²) in [7, 11) is 0. The van der Waals surface area contributed by atoms with Gasteiger partial charge >= 0.3 is 5.69 Å². The second kappa shape index (κ2) is 4.57. The van der Waals surface area contributed by atoms with E-state index < -0.39 is 16.4 Å². The normalized spacial score (nSPS) is 9.40. The molecule has 78 valence electrons. The number of nitro benzene ring substituents is 1. The number of rotatable bonds is 3. The zero-order valence-electron chi connectivity index (χ0n) is 7.24. The Labute approximate surface area is 88.8 Å². The molecule has 1 aromatic rings. The summed E-state index contributed by atoms with van der Waals surface area (Å²) in [6, 6.07) is 3.28.